The third kappa shape index (κ3) is 5.76. The molecule has 11 nitrogen and oxygen atoms in total. The molecule has 0 saturated carbocycles. The summed E-state index contributed by atoms with van der Waals surface area (Å²) in [5.41, 5.74) is 6.34. The summed E-state index contributed by atoms with van der Waals surface area (Å²) >= 11 is 0. The molecule has 1 aromatic carbocycles. The molecule has 2 heterocycles. The number of nitrogens with two attached hydrogens (primary N) is 1. The topological polar surface area (TPSA) is 180 Å². The van der Waals surface area contributed by atoms with Crippen LogP contribution in [-0.4, -0.2) is 44.9 Å². The first-order valence-corrected chi connectivity index (χ1v) is 9.38. The van der Waals surface area contributed by atoms with E-state index in [4.69, 9.17) is 15.3 Å². The van der Waals surface area contributed by atoms with Gasteiger partial charge in [-0.15, -0.1) is 0 Å². The number of carboxylic acids is 1. The zero-order valence-corrected chi connectivity index (χ0v) is 16.3. The highest BCUT2D eigenvalue weighted by atomic mass is 16.4. The summed E-state index contributed by atoms with van der Waals surface area (Å²) in [6, 6.07) is 6.06. The first kappa shape index (κ1) is 21.7. The molecule has 6 N–H and O–H groups in total. The van der Waals surface area contributed by atoms with Gasteiger partial charge in [0.15, 0.2) is 0 Å². The Morgan fingerprint density at radius 1 is 1.23 bits per heavy atom. The molecule has 0 aliphatic rings. The number of benzene rings is 1. The number of carbonyl (C=O) groups excluding carboxylic acids is 2. The van der Waals surface area contributed by atoms with Gasteiger partial charge in [-0.2, -0.15) is 0 Å². The third-order valence-corrected chi connectivity index (χ3v) is 4.50. The Morgan fingerprint density at radius 2 is 2.00 bits per heavy atom. The molecule has 11 heteroatoms. The number of rotatable bonds is 9. The number of aromatic nitrogens is 2. The molecule has 3 aromatic rings. The van der Waals surface area contributed by atoms with Gasteiger partial charge < -0.3 is 30.9 Å². The Hall–Kier alpha value is -3.99. The summed E-state index contributed by atoms with van der Waals surface area (Å²) in [5, 5.41) is 14.6. The molecule has 3 rings (SSSR count). The lowest BCUT2D eigenvalue weighted by Crippen LogP contribution is -2.52. The number of hydrogen-bond donors (Lipinski definition) is 5. The number of para-hydroxylation sites is 1. The maximum Gasteiger partial charge on any atom is 0.341 e. The van der Waals surface area contributed by atoms with E-state index in [-0.39, 0.29) is 18.5 Å². The minimum Gasteiger partial charge on any atom is -0.481 e. The molecule has 0 spiro atoms. The maximum atomic E-state index is 12.5. The molecule has 0 radical (unpaired) electrons. The van der Waals surface area contributed by atoms with E-state index in [0.29, 0.717) is 16.7 Å². The molecule has 162 valence electrons. The normalized spacial score (nSPS) is 12.8. The smallest absolute Gasteiger partial charge is 0.341 e. The Balaban J connectivity index is 1.65. The minimum absolute atomic E-state index is 0.106. The standard InChI is InChI=1S/C20H21N5O6/c21-14(6-13-9-22-10-24-13)18(28)25-15(7-17(26)27)19(29)23-8-12-5-11-3-1-2-4-16(11)31-20(12)30/h1-5,9-10,14-15H,6-8,21H2,(H,22,24)(H,23,29)(H,25,28)(H,26,27)/t14-,15-/m0/s1. The van der Waals surface area contributed by atoms with E-state index in [9.17, 15) is 19.2 Å². The fourth-order valence-electron chi connectivity index (χ4n) is 2.92. The summed E-state index contributed by atoms with van der Waals surface area (Å²) in [6.07, 6.45) is 2.46. The summed E-state index contributed by atoms with van der Waals surface area (Å²) in [4.78, 5) is 54.8. The van der Waals surface area contributed by atoms with Crippen LogP contribution in [0, 0.1) is 0 Å². The highest BCUT2D eigenvalue weighted by Crippen LogP contribution is 2.12. The van der Waals surface area contributed by atoms with E-state index in [1.807, 2.05) is 0 Å². The summed E-state index contributed by atoms with van der Waals surface area (Å²) in [6.45, 7) is -0.197. The zero-order valence-electron chi connectivity index (χ0n) is 16.3. The molecule has 2 amide bonds. The molecule has 0 fully saturated rings. The maximum absolute atomic E-state index is 12.5. The van der Waals surface area contributed by atoms with Crippen LogP contribution < -0.4 is 22.0 Å². The van der Waals surface area contributed by atoms with Crippen molar-refractivity contribution in [1.29, 1.82) is 0 Å². The monoisotopic (exact) mass is 427 g/mol. The van der Waals surface area contributed by atoms with Crippen molar-refractivity contribution in [3.05, 3.63) is 64.5 Å². The second kappa shape index (κ2) is 9.67. The van der Waals surface area contributed by atoms with E-state index < -0.39 is 41.9 Å². The largest absolute Gasteiger partial charge is 0.481 e. The van der Waals surface area contributed by atoms with Crippen molar-refractivity contribution < 1.29 is 23.9 Å². The van der Waals surface area contributed by atoms with E-state index in [0.717, 1.165) is 0 Å². The van der Waals surface area contributed by atoms with Crippen LogP contribution in [0.15, 0.2) is 52.1 Å². The second-order valence-corrected chi connectivity index (χ2v) is 6.84. The third-order valence-electron chi connectivity index (χ3n) is 4.50. The van der Waals surface area contributed by atoms with Crippen molar-refractivity contribution >= 4 is 28.8 Å². The first-order valence-electron chi connectivity index (χ1n) is 9.38. The second-order valence-electron chi connectivity index (χ2n) is 6.84. The van der Waals surface area contributed by atoms with Gasteiger partial charge >= 0.3 is 11.6 Å². The average molecular weight is 427 g/mol. The van der Waals surface area contributed by atoms with Gasteiger partial charge in [-0.25, -0.2) is 9.78 Å². The molecule has 31 heavy (non-hydrogen) atoms. The van der Waals surface area contributed by atoms with Gasteiger partial charge in [0, 0.05) is 18.0 Å². The van der Waals surface area contributed by atoms with E-state index >= 15 is 0 Å². The summed E-state index contributed by atoms with van der Waals surface area (Å²) in [7, 11) is 0. The SMILES string of the molecule is N[C@@H](Cc1c[nH]cn1)C(=O)N[C@@H](CC(=O)O)C(=O)NCc1cc2ccccc2oc1=O. The van der Waals surface area contributed by atoms with Gasteiger partial charge in [-0.3, -0.25) is 14.4 Å². The number of imidazole rings is 1. The number of hydrogen-bond acceptors (Lipinski definition) is 7. The molecule has 0 bridgehead atoms. The van der Waals surface area contributed by atoms with Gasteiger partial charge in [-0.05, 0) is 12.1 Å². The number of amides is 2. The number of nitrogens with zero attached hydrogens (tertiary/aromatic N) is 1. The van der Waals surface area contributed by atoms with Crippen molar-refractivity contribution in [3.8, 4) is 0 Å². The molecular formula is C20H21N5O6. The zero-order chi connectivity index (χ0) is 22.4. The average Bonchev–Trinajstić information content (AvgIpc) is 3.24. The van der Waals surface area contributed by atoms with Crippen LogP contribution in [0.4, 0.5) is 0 Å². The first-order chi connectivity index (χ1) is 14.8. The van der Waals surface area contributed by atoms with Crippen molar-refractivity contribution in [3.63, 3.8) is 0 Å². The molecule has 0 aliphatic heterocycles. The van der Waals surface area contributed by atoms with Crippen molar-refractivity contribution in [2.24, 2.45) is 5.73 Å². The minimum atomic E-state index is -1.37. The van der Waals surface area contributed by atoms with E-state index in [1.54, 1.807) is 36.5 Å². The highest BCUT2D eigenvalue weighted by molar-refractivity contribution is 5.92. The van der Waals surface area contributed by atoms with Crippen LogP contribution in [0.1, 0.15) is 17.7 Å². The van der Waals surface area contributed by atoms with Crippen LogP contribution >= 0.6 is 0 Å². The van der Waals surface area contributed by atoms with Gasteiger partial charge in [0.1, 0.15) is 11.6 Å². The van der Waals surface area contributed by atoms with Gasteiger partial charge in [0.05, 0.1) is 36.6 Å². The van der Waals surface area contributed by atoms with Gasteiger partial charge in [0.25, 0.3) is 0 Å². The van der Waals surface area contributed by atoms with Crippen molar-refractivity contribution in [2.75, 3.05) is 0 Å². The van der Waals surface area contributed by atoms with E-state index in [2.05, 4.69) is 20.6 Å². The summed E-state index contributed by atoms with van der Waals surface area (Å²) < 4.78 is 5.20. The van der Waals surface area contributed by atoms with Gasteiger partial charge in [0.2, 0.25) is 11.8 Å². The van der Waals surface area contributed by atoms with Crippen LogP contribution in [0.25, 0.3) is 11.0 Å². The predicted molar refractivity (Wildman–Crippen MR) is 109 cm³/mol. The molecule has 2 atom stereocenters. The molecule has 0 saturated heterocycles. The number of fused-ring (bicyclic) bond motifs is 1. The quantitative estimate of drug-likeness (QED) is 0.288. The highest BCUT2D eigenvalue weighted by Gasteiger charge is 2.26. The predicted octanol–water partition coefficient (Wildman–Crippen LogP) is -0.338. The van der Waals surface area contributed by atoms with Crippen LogP contribution in [0.3, 0.4) is 0 Å². The fourth-order valence-corrected chi connectivity index (χ4v) is 2.92. The number of carbonyl (C=O) groups is 3. The van der Waals surface area contributed by atoms with Crippen LogP contribution in [-0.2, 0) is 27.3 Å². The Bertz CT molecular complexity index is 1140. The van der Waals surface area contributed by atoms with Crippen LogP contribution in [0.5, 0.6) is 0 Å². The van der Waals surface area contributed by atoms with Crippen molar-refractivity contribution in [2.45, 2.75) is 31.5 Å². The molecule has 0 aliphatic carbocycles. The fraction of sp³-hybridized carbons (Fsp3) is 0.250. The number of H-pyrrole nitrogens is 1. The number of aliphatic carboxylic acids is 1. The number of carboxylic acid groups (broad SMARTS) is 1. The molecular weight excluding hydrogens is 406 g/mol. The number of nitrogens with one attached hydrogen (secondary N) is 3. The lowest BCUT2D eigenvalue weighted by atomic mass is 10.1. The molecule has 0 unspecified atom stereocenters. The summed E-state index contributed by atoms with van der Waals surface area (Å²) in [5.74, 6) is -2.75. The lowest BCUT2D eigenvalue weighted by Gasteiger charge is -2.19. The van der Waals surface area contributed by atoms with Crippen molar-refractivity contribution in [1.82, 2.24) is 20.6 Å². The van der Waals surface area contributed by atoms with E-state index in [1.165, 1.54) is 6.33 Å². The number of aromatic amines is 1. The Morgan fingerprint density at radius 3 is 2.71 bits per heavy atom. The van der Waals surface area contributed by atoms with Gasteiger partial charge in [-0.1, -0.05) is 18.2 Å². The Kier molecular flexibility index (Phi) is 6.78. The van der Waals surface area contributed by atoms with Crippen LogP contribution in [0.2, 0.25) is 0 Å². The lowest BCUT2D eigenvalue weighted by molar-refractivity contribution is -0.140. The Labute approximate surface area is 175 Å². The molecule has 2 aromatic heterocycles.